The number of nitrogens with zero attached hydrogens (tertiary/aromatic N) is 3. The van der Waals surface area contributed by atoms with Gasteiger partial charge in [-0.25, -0.2) is 0 Å². The summed E-state index contributed by atoms with van der Waals surface area (Å²) in [5.41, 5.74) is 1.94. The Bertz CT molecular complexity index is 1290. The fourth-order valence-electron chi connectivity index (χ4n) is 4.72. The number of nitrogens with one attached hydrogen (secondary N) is 1. The third-order valence-electron chi connectivity index (χ3n) is 6.66. The summed E-state index contributed by atoms with van der Waals surface area (Å²) in [6, 6.07) is 22.0. The highest BCUT2D eigenvalue weighted by molar-refractivity contribution is 5.95. The molecule has 1 fully saturated rings. The van der Waals surface area contributed by atoms with E-state index in [0.29, 0.717) is 12.2 Å². The largest absolute Gasteiger partial charge is 0.416 e. The van der Waals surface area contributed by atoms with Gasteiger partial charge in [0.1, 0.15) is 5.69 Å². The molecule has 0 atom stereocenters. The number of hydrogen-bond acceptors (Lipinski definition) is 5. The molecule has 0 saturated carbocycles. The maximum Gasteiger partial charge on any atom is 0.416 e. The molecule has 0 bridgehead atoms. The number of benzene rings is 3. The molecule has 0 amide bonds. The van der Waals surface area contributed by atoms with Gasteiger partial charge in [-0.15, -0.1) is 0 Å². The second-order valence-electron chi connectivity index (χ2n) is 9.11. The van der Waals surface area contributed by atoms with Crippen LogP contribution in [0.3, 0.4) is 0 Å². The molecule has 2 heterocycles. The van der Waals surface area contributed by atoms with E-state index >= 15 is 0 Å². The fourth-order valence-corrected chi connectivity index (χ4v) is 4.72. The minimum absolute atomic E-state index is 0.593. The Kier molecular flexibility index (Phi) is 7.25. The molecule has 0 spiro atoms. The number of rotatable bonds is 8. The van der Waals surface area contributed by atoms with E-state index in [1.165, 1.54) is 17.5 Å². The molecule has 3 aromatic carbocycles. The van der Waals surface area contributed by atoms with Crippen LogP contribution in [0.15, 0.2) is 77.3 Å². The van der Waals surface area contributed by atoms with Gasteiger partial charge in [0.2, 0.25) is 0 Å². The SMILES string of the molecule is FC(F)(F)c1cccc(N2CCN(CCCNCc3cc(-c4cccc5ccccc45)no3)CC2)c1. The summed E-state index contributed by atoms with van der Waals surface area (Å²) in [6.07, 6.45) is -3.33. The molecule has 8 heteroatoms. The lowest BCUT2D eigenvalue weighted by Crippen LogP contribution is -2.47. The normalized spacial score (nSPS) is 15.0. The van der Waals surface area contributed by atoms with E-state index in [-0.39, 0.29) is 0 Å². The van der Waals surface area contributed by atoms with Crippen molar-refractivity contribution in [3.8, 4) is 11.3 Å². The van der Waals surface area contributed by atoms with Gasteiger partial charge in [0.05, 0.1) is 12.1 Å². The third-order valence-corrected chi connectivity index (χ3v) is 6.66. The van der Waals surface area contributed by atoms with Crippen molar-refractivity contribution >= 4 is 16.5 Å². The average molecular weight is 495 g/mol. The first-order valence-electron chi connectivity index (χ1n) is 12.3. The molecule has 5 nitrogen and oxygen atoms in total. The van der Waals surface area contributed by atoms with Gasteiger partial charge < -0.3 is 14.7 Å². The maximum atomic E-state index is 13.0. The number of aromatic nitrogens is 1. The summed E-state index contributed by atoms with van der Waals surface area (Å²) in [6.45, 7) is 5.54. The molecule has 1 aromatic heterocycles. The second kappa shape index (κ2) is 10.7. The quantitative estimate of drug-likeness (QED) is 0.313. The third kappa shape index (κ3) is 5.71. The van der Waals surface area contributed by atoms with Crippen molar-refractivity contribution in [3.05, 3.63) is 84.1 Å². The van der Waals surface area contributed by atoms with E-state index in [0.717, 1.165) is 74.2 Å². The number of halogens is 3. The summed E-state index contributed by atoms with van der Waals surface area (Å²) in [5, 5.41) is 10.0. The highest BCUT2D eigenvalue weighted by Gasteiger charge is 2.31. The predicted octanol–water partition coefficient (Wildman–Crippen LogP) is 5.82. The van der Waals surface area contributed by atoms with Crippen molar-refractivity contribution in [2.24, 2.45) is 0 Å². The van der Waals surface area contributed by atoms with Gasteiger partial charge in [0, 0.05) is 43.5 Å². The van der Waals surface area contributed by atoms with Crippen molar-refractivity contribution in [2.45, 2.75) is 19.1 Å². The van der Waals surface area contributed by atoms with E-state index in [2.05, 4.69) is 39.6 Å². The summed E-state index contributed by atoms with van der Waals surface area (Å²) in [5.74, 6) is 0.799. The lowest BCUT2D eigenvalue weighted by atomic mass is 10.0. The van der Waals surface area contributed by atoms with Crippen LogP contribution < -0.4 is 10.2 Å². The molecule has 1 N–H and O–H groups in total. The number of alkyl halides is 3. The Morgan fingerprint density at radius 3 is 2.50 bits per heavy atom. The van der Waals surface area contributed by atoms with Gasteiger partial charge in [-0.3, -0.25) is 4.90 Å². The Morgan fingerprint density at radius 2 is 1.67 bits per heavy atom. The maximum absolute atomic E-state index is 13.0. The standard InChI is InChI=1S/C28H29F3N4O/c29-28(30,31)22-8-4-9-23(18-22)35-16-14-34(15-17-35)13-5-12-32-20-24-19-27(33-36-24)26-11-3-7-21-6-1-2-10-25(21)26/h1-4,6-11,18-19,32H,5,12-17,20H2. The summed E-state index contributed by atoms with van der Waals surface area (Å²) in [4.78, 5) is 4.39. The lowest BCUT2D eigenvalue weighted by Gasteiger charge is -2.36. The van der Waals surface area contributed by atoms with Crippen LogP contribution in [-0.4, -0.2) is 49.3 Å². The minimum Gasteiger partial charge on any atom is -0.369 e. The van der Waals surface area contributed by atoms with E-state index in [1.807, 2.05) is 29.2 Å². The summed E-state index contributed by atoms with van der Waals surface area (Å²) >= 11 is 0. The molecule has 5 rings (SSSR count). The molecule has 0 radical (unpaired) electrons. The summed E-state index contributed by atoms with van der Waals surface area (Å²) in [7, 11) is 0. The van der Waals surface area contributed by atoms with Crippen molar-refractivity contribution < 1.29 is 17.7 Å². The van der Waals surface area contributed by atoms with Crippen LogP contribution in [0, 0.1) is 0 Å². The predicted molar refractivity (Wildman–Crippen MR) is 136 cm³/mol. The van der Waals surface area contributed by atoms with Crippen LogP contribution in [0.1, 0.15) is 17.7 Å². The fraction of sp³-hybridized carbons (Fsp3) is 0.321. The molecule has 1 aliphatic rings. The summed E-state index contributed by atoms with van der Waals surface area (Å²) < 4.78 is 44.6. The van der Waals surface area contributed by atoms with Gasteiger partial charge in [0.25, 0.3) is 0 Å². The van der Waals surface area contributed by atoms with E-state index < -0.39 is 11.7 Å². The molecule has 36 heavy (non-hydrogen) atoms. The molecule has 0 unspecified atom stereocenters. The van der Waals surface area contributed by atoms with E-state index in [9.17, 15) is 13.2 Å². The van der Waals surface area contributed by atoms with Crippen molar-refractivity contribution in [1.29, 1.82) is 0 Å². The molecule has 1 aliphatic heterocycles. The first-order valence-corrected chi connectivity index (χ1v) is 12.3. The highest BCUT2D eigenvalue weighted by Crippen LogP contribution is 2.32. The Hall–Kier alpha value is -3.36. The van der Waals surface area contributed by atoms with Crippen LogP contribution in [0.25, 0.3) is 22.0 Å². The van der Waals surface area contributed by atoms with Gasteiger partial charge >= 0.3 is 6.18 Å². The Balaban J connectivity index is 1.04. The second-order valence-corrected chi connectivity index (χ2v) is 9.11. The van der Waals surface area contributed by atoms with Crippen LogP contribution >= 0.6 is 0 Å². The zero-order valence-electron chi connectivity index (χ0n) is 20.0. The minimum atomic E-state index is -4.31. The average Bonchev–Trinajstić information content (AvgIpc) is 3.37. The number of anilines is 1. The van der Waals surface area contributed by atoms with E-state index in [1.54, 1.807) is 6.07 Å². The molecular weight excluding hydrogens is 465 g/mol. The zero-order chi connectivity index (χ0) is 25.0. The van der Waals surface area contributed by atoms with Gasteiger partial charge in [0.15, 0.2) is 5.76 Å². The number of piperazine rings is 1. The van der Waals surface area contributed by atoms with Crippen molar-refractivity contribution in [2.75, 3.05) is 44.2 Å². The Morgan fingerprint density at radius 1 is 0.889 bits per heavy atom. The van der Waals surface area contributed by atoms with Crippen LogP contribution in [0.5, 0.6) is 0 Å². The van der Waals surface area contributed by atoms with Crippen molar-refractivity contribution in [1.82, 2.24) is 15.4 Å². The van der Waals surface area contributed by atoms with Crippen LogP contribution in [0.2, 0.25) is 0 Å². The topological polar surface area (TPSA) is 44.5 Å². The molecule has 188 valence electrons. The number of fused-ring (bicyclic) bond motifs is 1. The molecular formula is C28H29F3N4O. The Labute approximate surface area is 208 Å². The van der Waals surface area contributed by atoms with Gasteiger partial charge in [-0.05, 0) is 48.5 Å². The monoisotopic (exact) mass is 494 g/mol. The van der Waals surface area contributed by atoms with Crippen LogP contribution in [0.4, 0.5) is 18.9 Å². The van der Waals surface area contributed by atoms with Gasteiger partial charge in [-0.2, -0.15) is 13.2 Å². The van der Waals surface area contributed by atoms with E-state index in [4.69, 9.17) is 4.52 Å². The zero-order valence-corrected chi connectivity index (χ0v) is 20.0. The molecule has 1 saturated heterocycles. The molecule has 4 aromatic rings. The smallest absolute Gasteiger partial charge is 0.369 e. The van der Waals surface area contributed by atoms with Crippen molar-refractivity contribution in [3.63, 3.8) is 0 Å². The van der Waals surface area contributed by atoms with Gasteiger partial charge in [-0.1, -0.05) is 53.7 Å². The number of hydrogen-bond donors (Lipinski definition) is 1. The molecule has 0 aliphatic carbocycles. The highest BCUT2D eigenvalue weighted by atomic mass is 19.4. The van der Waals surface area contributed by atoms with Crippen LogP contribution in [-0.2, 0) is 12.7 Å². The lowest BCUT2D eigenvalue weighted by molar-refractivity contribution is -0.137. The first-order chi connectivity index (χ1) is 17.5. The first kappa shape index (κ1) is 24.3.